The maximum Gasteiger partial charge on any atom is 0.229 e. The van der Waals surface area contributed by atoms with E-state index in [4.69, 9.17) is 12.2 Å². The van der Waals surface area contributed by atoms with E-state index in [0.717, 1.165) is 21.8 Å². The summed E-state index contributed by atoms with van der Waals surface area (Å²) in [4.78, 5) is 15.9. The number of aromatic amines is 1. The van der Waals surface area contributed by atoms with E-state index in [1.165, 1.54) is 11.3 Å². The molecule has 0 aliphatic heterocycles. The van der Waals surface area contributed by atoms with Crippen LogP contribution in [-0.4, -0.2) is 10.9 Å². The molecule has 0 bridgehead atoms. The maximum absolute atomic E-state index is 11.9. The molecule has 0 aliphatic rings. The first-order valence-corrected chi connectivity index (χ1v) is 6.82. The van der Waals surface area contributed by atoms with Crippen LogP contribution in [0.15, 0.2) is 24.3 Å². The molecule has 0 atom stereocenters. The average molecular weight is 278 g/mol. The molecule has 0 radical (unpaired) electrons. The van der Waals surface area contributed by atoms with Crippen LogP contribution in [0.25, 0.3) is 0 Å². The van der Waals surface area contributed by atoms with E-state index in [1.807, 2.05) is 38.1 Å². The second kappa shape index (κ2) is 5.46. The van der Waals surface area contributed by atoms with E-state index in [9.17, 15) is 4.79 Å². The molecule has 0 aliphatic carbocycles. The number of aryl methyl sites for hydroxylation is 2. The summed E-state index contributed by atoms with van der Waals surface area (Å²) in [6.07, 6.45) is 0.359. The summed E-state index contributed by atoms with van der Waals surface area (Å²) in [6.45, 7) is 3.93. The normalized spacial score (nSPS) is 10.3. The fourth-order valence-corrected chi connectivity index (χ4v) is 2.97. The Morgan fingerprint density at radius 3 is 2.83 bits per heavy atom. The van der Waals surface area contributed by atoms with Crippen molar-refractivity contribution in [3.05, 3.63) is 44.4 Å². The van der Waals surface area contributed by atoms with Gasteiger partial charge < -0.3 is 10.3 Å². The smallest absolute Gasteiger partial charge is 0.229 e. The van der Waals surface area contributed by atoms with Crippen LogP contribution >= 0.6 is 23.6 Å². The number of H-pyrrole nitrogens is 1. The number of carbonyl (C=O) groups excluding carboxylic acids is 1. The monoisotopic (exact) mass is 278 g/mol. The van der Waals surface area contributed by atoms with Gasteiger partial charge in [0.1, 0.15) is 0 Å². The van der Waals surface area contributed by atoms with Crippen LogP contribution in [0.2, 0.25) is 0 Å². The predicted octanol–water partition coefficient (Wildman–Crippen LogP) is 3.60. The fraction of sp³-hybridized carbons (Fsp3) is 0.231. The Morgan fingerprint density at radius 1 is 1.44 bits per heavy atom. The van der Waals surface area contributed by atoms with Gasteiger partial charge in [0, 0.05) is 16.3 Å². The number of benzene rings is 1. The largest absolute Gasteiger partial charge is 0.341 e. The Bertz CT molecular complexity index is 628. The van der Waals surface area contributed by atoms with Crippen molar-refractivity contribution in [2.45, 2.75) is 20.3 Å². The molecule has 0 fully saturated rings. The lowest BCUT2D eigenvalue weighted by molar-refractivity contribution is -0.115. The summed E-state index contributed by atoms with van der Waals surface area (Å²) >= 11 is 6.51. The van der Waals surface area contributed by atoms with Gasteiger partial charge in [0.05, 0.1) is 6.42 Å². The standard InChI is InChI=1S/C13H14N2OS2/c1-8-4-3-5-10(6-8)15-12(16)7-11-9(2)14-13(17)18-11/h3-6H,7H2,1-2H3,(H,14,17)(H,15,16). The molecule has 0 saturated carbocycles. The summed E-state index contributed by atoms with van der Waals surface area (Å²) in [5.74, 6) is -0.0195. The first-order chi connectivity index (χ1) is 8.54. The minimum absolute atomic E-state index is 0.0195. The Labute approximate surface area is 115 Å². The summed E-state index contributed by atoms with van der Waals surface area (Å²) < 4.78 is 0.714. The third-order valence-corrected chi connectivity index (χ3v) is 3.88. The number of anilines is 1. The second-order valence-electron chi connectivity index (χ2n) is 4.16. The summed E-state index contributed by atoms with van der Waals surface area (Å²) in [6, 6.07) is 7.76. The molecule has 0 unspecified atom stereocenters. The minimum atomic E-state index is -0.0195. The lowest BCUT2D eigenvalue weighted by atomic mass is 10.2. The molecule has 0 spiro atoms. The van der Waals surface area contributed by atoms with Crippen LogP contribution in [0.3, 0.4) is 0 Å². The molecule has 1 aromatic carbocycles. The molecular formula is C13H14N2OS2. The zero-order chi connectivity index (χ0) is 13.1. The zero-order valence-corrected chi connectivity index (χ0v) is 11.9. The highest BCUT2D eigenvalue weighted by Crippen LogP contribution is 2.16. The lowest BCUT2D eigenvalue weighted by Gasteiger charge is -2.05. The Hall–Kier alpha value is -1.46. The quantitative estimate of drug-likeness (QED) is 0.843. The third kappa shape index (κ3) is 3.27. The van der Waals surface area contributed by atoms with Crippen LogP contribution in [0.5, 0.6) is 0 Å². The van der Waals surface area contributed by atoms with Crippen LogP contribution in [0.4, 0.5) is 5.69 Å². The van der Waals surface area contributed by atoms with Crippen molar-refractivity contribution in [1.29, 1.82) is 0 Å². The topological polar surface area (TPSA) is 44.9 Å². The molecule has 1 amide bonds. The average Bonchev–Trinajstić information content (AvgIpc) is 2.57. The summed E-state index contributed by atoms with van der Waals surface area (Å²) in [7, 11) is 0. The van der Waals surface area contributed by atoms with Crippen molar-refractivity contribution >= 4 is 35.1 Å². The second-order valence-corrected chi connectivity index (χ2v) is 5.93. The predicted molar refractivity (Wildman–Crippen MR) is 77.8 cm³/mol. The van der Waals surface area contributed by atoms with Gasteiger partial charge in [-0.15, -0.1) is 11.3 Å². The van der Waals surface area contributed by atoms with Crippen molar-refractivity contribution < 1.29 is 4.79 Å². The number of nitrogens with one attached hydrogen (secondary N) is 2. The maximum atomic E-state index is 11.9. The Morgan fingerprint density at radius 2 is 2.22 bits per heavy atom. The molecule has 3 nitrogen and oxygen atoms in total. The highest BCUT2D eigenvalue weighted by Gasteiger charge is 2.08. The first-order valence-electron chi connectivity index (χ1n) is 5.59. The zero-order valence-electron chi connectivity index (χ0n) is 10.2. The van der Waals surface area contributed by atoms with Gasteiger partial charge in [0.15, 0.2) is 3.95 Å². The Kier molecular flexibility index (Phi) is 3.93. The van der Waals surface area contributed by atoms with E-state index >= 15 is 0 Å². The van der Waals surface area contributed by atoms with E-state index in [-0.39, 0.29) is 5.91 Å². The Balaban J connectivity index is 2.05. The van der Waals surface area contributed by atoms with Crippen molar-refractivity contribution in [1.82, 2.24) is 4.98 Å². The number of hydrogen-bond acceptors (Lipinski definition) is 3. The minimum Gasteiger partial charge on any atom is -0.341 e. The number of carbonyl (C=O) groups is 1. The number of amides is 1. The van der Waals surface area contributed by atoms with Gasteiger partial charge in [0.25, 0.3) is 0 Å². The molecule has 2 N–H and O–H groups in total. The number of thiazole rings is 1. The van der Waals surface area contributed by atoms with E-state index in [1.54, 1.807) is 0 Å². The van der Waals surface area contributed by atoms with Crippen LogP contribution in [-0.2, 0) is 11.2 Å². The van der Waals surface area contributed by atoms with E-state index < -0.39 is 0 Å². The summed E-state index contributed by atoms with van der Waals surface area (Å²) in [5.41, 5.74) is 2.93. The lowest BCUT2D eigenvalue weighted by Crippen LogP contribution is -2.14. The van der Waals surface area contributed by atoms with Crippen molar-refractivity contribution in [3.8, 4) is 0 Å². The molecule has 18 heavy (non-hydrogen) atoms. The molecule has 2 rings (SSSR count). The van der Waals surface area contributed by atoms with Crippen molar-refractivity contribution in [3.63, 3.8) is 0 Å². The number of hydrogen-bond donors (Lipinski definition) is 2. The fourth-order valence-electron chi connectivity index (χ4n) is 1.68. The van der Waals surface area contributed by atoms with Gasteiger partial charge in [-0.1, -0.05) is 12.1 Å². The first kappa shape index (κ1) is 13.0. The third-order valence-electron chi connectivity index (χ3n) is 2.55. The van der Waals surface area contributed by atoms with Crippen LogP contribution in [0, 0.1) is 17.8 Å². The number of aromatic nitrogens is 1. The molecule has 1 aromatic heterocycles. The SMILES string of the molecule is Cc1cccc(NC(=O)Cc2sc(=S)[nH]c2C)c1. The van der Waals surface area contributed by atoms with Gasteiger partial charge in [-0.05, 0) is 43.8 Å². The van der Waals surface area contributed by atoms with E-state index in [2.05, 4.69) is 10.3 Å². The van der Waals surface area contributed by atoms with E-state index in [0.29, 0.717) is 10.4 Å². The van der Waals surface area contributed by atoms with Crippen molar-refractivity contribution in [2.24, 2.45) is 0 Å². The highest BCUT2D eigenvalue weighted by atomic mass is 32.1. The van der Waals surface area contributed by atoms with Gasteiger partial charge in [-0.3, -0.25) is 4.79 Å². The van der Waals surface area contributed by atoms with Gasteiger partial charge in [-0.2, -0.15) is 0 Å². The van der Waals surface area contributed by atoms with Gasteiger partial charge in [-0.25, -0.2) is 0 Å². The van der Waals surface area contributed by atoms with Crippen LogP contribution in [0.1, 0.15) is 16.1 Å². The molecular weight excluding hydrogens is 264 g/mol. The molecule has 5 heteroatoms. The molecule has 94 valence electrons. The van der Waals surface area contributed by atoms with Crippen LogP contribution < -0.4 is 5.32 Å². The van der Waals surface area contributed by atoms with Crippen molar-refractivity contribution in [2.75, 3.05) is 5.32 Å². The van der Waals surface area contributed by atoms with Gasteiger partial charge >= 0.3 is 0 Å². The molecule has 1 heterocycles. The van der Waals surface area contributed by atoms with Gasteiger partial charge in [0.2, 0.25) is 5.91 Å². The molecule has 0 saturated heterocycles. The number of rotatable bonds is 3. The molecule has 2 aromatic rings. The highest BCUT2D eigenvalue weighted by molar-refractivity contribution is 7.73. The summed E-state index contributed by atoms with van der Waals surface area (Å²) in [5, 5.41) is 2.89.